The van der Waals surface area contributed by atoms with E-state index in [2.05, 4.69) is 5.32 Å². The Bertz CT molecular complexity index is 1730. The Kier molecular flexibility index (Phi) is 13.5. The second kappa shape index (κ2) is 17.8. The van der Waals surface area contributed by atoms with Gasteiger partial charge in [0.15, 0.2) is 0 Å². The van der Waals surface area contributed by atoms with Crippen molar-refractivity contribution in [1.82, 2.24) is 10.2 Å². The molecular weight excluding hydrogens is 643 g/mol. The van der Waals surface area contributed by atoms with Crippen molar-refractivity contribution >= 4 is 39.3 Å². The van der Waals surface area contributed by atoms with Gasteiger partial charge in [0, 0.05) is 24.4 Å². The van der Waals surface area contributed by atoms with Gasteiger partial charge in [-0.1, -0.05) is 73.5 Å². The number of thioether (sulfide) groups is 1. The Balaban J connectivity index is 1.79. The van der Waals surface area contributed by atoms with Crippen molar-refractivity contribution < 1.29 is 22.7 Å². The molecule has 0 fully saturated rings. The summed E-state index contributed by atoms with van der Waals surface area (Å²) in [7, 11) is -4.20. The summed E-state index contributed by atoms with van der Waals surface area (Å²) in [5, 5.41) is 3.03. The highest BCUT2D eigenvalue weighted by molar-refractivity contribution is 7.98. The quantitative estimate of drug-likeness (QED) is 0.0962. The topological polar surface area (TPSA) is 96.0 Å². The van der Waals surface area contributed by atoms with Crippen LogP contribution in [0.1, 0.15) is 43.4 Å². The zero-order valence-electron chi connectivity index (χ0n) is 28.1. The van der Waals surface area contributed by atoms with E-state index in [1.165, 1.54) is 16.7 Å². The van der Waals surface area contributed by atoms with E-state index in [0.717, 1.165) is 38.7 Å². The van der Waals surface area contributed by atoms with Crippen LogP contribution in [0.4, 0.5) is 5.69 Å². The average Bonchev–Trinajstić information content (AvgIpc) is 3.09. The smallest absolute Gasteiger partial charge is 0.264 e. The number of aryl methyl sites for hydroxylation is 1. The molecular formula is C38H45N3O5S2. The first-order valence-electron chi connectivity index (χ1n) is 16.2. The number of hydrogen-bond donors (Lipinski definition) is 1. The van der Waals surface area contributed by atoms with Gasteiger partial charge in [-0.15, -0.1) is 11.8 Å². The van der Waals surface area contributed by atoms with Gasteiger partial charge in [-0.2, -0.15) is 0 Å². The summed E-state index contributed by atoms with van der Waals surface area (Å²) in [5.41, 5.74) is 3.05. The van der Waals surface area contributed by atoms with Crippen LogP contribution in [-0.2, 0) is 32.6 Å². The van der Waals surface area contributed by atoms with Gasteiger partial charge >= 0.3 is 0 Å². The number of carbonyl (C=O) groups is 2. The Labute approximate surface area is 289 Å². The largest absolute Gasteiger partial charge is 0.494 e. The van der Waals surface area contributed by atoms with Crippen molar-refractivity contribution in [3.8, 4) is 5.75 Å². The molecule has 0 unspecified atom stereocenters. The second-order valence-corrected chi connectivity index (χ2v) is 14.2. The van der Waals surface area contributed by atoms with E-state index >= 15 is 0 Å². The molecule has 254 valence electrons. The van der Waals surface area contributed by atoms with Crippen molar-refractivity contribution in [3.05, 3.63) is 120 Å². The zero-order chi connectivity index (χ0) is 34.5. The minimum atomic E-state index is -4.20. The lowest BCUT2D eigenvalue weighted by Crippen LogP contribution is -2.53. The number of nitrogens with one attached hydrogen (secondary N) is 1. The van der Waals surface area contributed by atoms with Crippen LogP contribution in [0.15, 0.2) is 113 Å². The molecule has 4 rings (SSSR count). The first kappa shape index (κ1) is 36.6. The number of amides is 2. The highest BCUT2D eigenvalue weighted by Crippen LogP contribution is 2.28. The fourth-order valence-corrected chi connectivity index (χ4v) is 7.17. The molecule has 0 bridgehead atoms. The minimum absolute atomic E-state index is 0.0605. The van der Waals surface area contributed by atoms with Crippen LogP contribution in [0.5, 0.6) is 5.75 Å². The summed E-state index contributed by atoms with van der Waals surface area (Å²) in [5.74, 6) is -0.195. The number of anilines is 1. The number of nitrogens with zero attached hydrogens (tertiary/aromatic N) is 2. The first-order valence-corrected chi connectivity index (χ1v) is 18.9. The van der Waals surface area contributed by atoms with Gasteiger partial charge in [-0.25, -0.2) is 8.42 Å². The minimum Gasteiger partial charge on any atom is -0.494 e. The predicted octanol–water partition coefficient (Wildman–Crippen LogP) is 6.87. The molecule has 4 aromatic carbocycles. The number of carbonyl (C=O) groups excluding carboxylic acids is 2. The lowest BCUT2D eigenvalue weighted by molar-refractivity contribution is -0.140. The highest BCUT2D eigenvalue weighted by Gasteiger charge is 2.34. The van der Waals surface area contributed by atoms with Gasteiger partial charge in [0.05, 0.1) is 17.2 Å². The first-order chi connectivity index (χ1) is 23.2. The van der Waals surface area contributed by atoms with Crippen LogP contribution >= 0.6 is 11.8 Å². The molecule has 0 heterocycles. The molecule has 0 aliphatic heterocycles. The van der Waals surface area contributed by atoms with Crippen molar-refractivity contribution in [2.45, 2.75) is 62.4 Å². The van der Waals surface area contributed by atoms with E-state index in [1.54, 1.807) is 48.5 Å². The van der Waals surface area contributed by atoms with Gasteiger partial charge in [0.1, 0.15) is 18.3 Å². The van der Waals surface area contributed by atoms with Crippen molar-refractivity contribution in [2.75, 3.05) is 30.3 Å². The lowest BCUT2D eigenvalue weighted by Gasteiger charge is -2.34. The predicted molar refractivity (Wildman–Crippen MR) is 194 cm³/mol. The lowest BCUT2D eigenvalue weighted by atomic mass is 10.0. The van der Waals surface area contributed by atoms with Gasteiger partial charge < -0.3 is 15.0 Å². The normalized spacial score (nSPS) is 11.8. The molecule has 0 saturated heterocycles. The molecule has 4 aromatic rings. The summed E-state index contributed by atoms with van der Waals surface area (Å²) in [6.45, 7) is 6.43. The van der Waals surface area contributed by atoms with Crippen molar-refractivity contribution in [3.63, 3.8) is 0 Å². The maximum absolute atomic E-state index is 14.6. The Morgan fingerprint density at radius 1 is 0.875 bits per heavy atom. The Morgan fingerprint density at radius 2 is 1.56 bits per heavy atom. The molecule has 10 heteroatoms. The summed E-state index contributed by atoms with van der Waals surface area (Å²) in [4.78, 5) is 31.1. The molecule has 0 saturated carbocycles. The highest BCUT2D eigenvalue weighted by atomic mass is 32.2. The third kappa shape index (κ3) is 9.87. The SMILES string of the molecule is CCCCNC(=O)[C@@H](Cc1ccccc1)N(Cc1cccc(C)c1)C(=O)CN(c1ccc(OCC)cc1)S(=O)(=O)c1ccc(SC)cc1. The van der Waals surface area contributed by atoms with Crippen LogP contribution < -0.4 is 14.4 Å². The van der Waals surface area contributed by atoms with E-state index in [4.69, 9.17) is 4.74 Å². The number of sulfonamides is 1. The number of benzene rings is 4. The Hall–Kier alpha value is -4.28. The molecule has 1 atom stereocenters. The average molecular weight is 688 g/mol. The van der Waals surface area contributed by atoms with E-state index in [-0.39, 0.29) is 23.8 Å². The number of ether oxygens (including phenoxy) is 1. The number of unbranched alkanes of at least 4 members (excludes halogenated alkanes) is 1. The third-order valence-corrected chi connectivity index (χ3v) is 10.4. The molecule has 0 aliphatic rings. The maximum atomic E-state index is 14.6. The van der Waals surface area contributed by atoms with Gasteiger partial charge in [0.25, 0.3) is 10.0 Å². The van der Waals surface area contributed by atoms with Crippen LogP contribution in [0.3, 0.4) is 0 Å². The number of hydrogen-bond acceptors (Lipinski definition) is 6. The van der Waals surface area contributed by atoms with Crippen LogP contribution in [-0.4, -0.2) is 57.1 Å². The van der Waals surface area contributed by atoms with Crippen molar-refractivity contribution in [2.24, 2.45) is 0 Å². The maximum Gasteiger partial charge on any atom is 0.264 e. The standard InChI is InChI=1S/C38H45N3O5S2/c1-5-7-24-39-38(43)36(26-30-13-9-8-10-14-30)40(27-31-15-11-12-29(3)25-31)37(42)28-41(32-16-18-33(19-17-32)46-6-2)48(44,45)35-22-20-34(47-4)21-23-35/h8-23,25,36H,5-7,24,26-28H2,1-4H3,(H,39,43)/t36-/m1/s1. The van der Waals surface area contributed by atoms with Crippen molar-refractivity contribution in [1.29, 1.82) is 0 Å². The molecule has 0 spiro atoms. The zero-order valence-corrected chi connectivity index (χ0v) is 29.7. The van der Waals surface area contributed by atoms with E-state index in [0.29, 0.717) is 24.6 Å². The van der Waals surface area contributed by atoms with E-state index in [9.17, 15) is 18.0 Å². The summed E-state index contributed by atoms with van der Waals surface area (Å²) >= 11 is 1.51. The van der Waals surface area contributed by atoms with Crippen LogP contribution in [0, 0.1) is 6.92 Å². The summed E-state index contributed by atoms with van der Waals surface area (Å²) in [6, 6.07) is 29.7. The van der Waals surface area contributed by atoms with Gasteiger partial charge in [-0.05, 0) is 86.2 Å². The van der Waals surface area contributed by atoms with E-state index < -0.39 is 28.5 Å². The molecule has 8 nitrogen and oxygen atoms in total. The molecule has 1 N–H and O–H groups in total. The van der Waals surface area contributed by atoms with Crippen LogP contribution in [0.2, 0.25) is 0 Å². The monoisotopic (exact) mass is 687 g/mol. The molecule has 2 amide bonds. The summed E-state index contributed by atoms with van der Waals surface area (Å²) in [6.07, 6.45) is 3.89. The van der Waals surface area contributed by atoms with Gasteiger partial charge in [0.2, 0.25) is 11.8 Å². The molecule has 48 heavy (non-hydrogen) atoms. The molecule has 0 radical (unpaired) electrons. The third-order valence-electron chi connectivity index (χ3n) is 7.90. The van der Waals surface area contributed by atoms with Gasteiger partial charge in [-0.3, -0.25) is 13.9 Å². The molecule has 0 aliphatic carbocycles. The molecule has 0 aromatic heterocycles. The second-order valence-electron chi connectivity index (χ2n) is 11.5. The van der Waals surface area contributed by atoms with E-state index in [1.807, 2.05) is 81.6 Å². The fourth-order valence-electron chi connectivity index (χ4n) is 5.35. The number of rotatable bonds is 17. The summed E-state index contributed by atoms with van der Waals surface area (Å²) < 4.78 is 35.3. The fraction of sp³-hybridized carbons (Fsp3) is 0.316. The van der Waals surface area contributed by atoms with Crippen LogP contribution in [0.25, 0.3) is 0 Å². The Morgan fingerprint density at radius 3 is 2.19 bits per heavy atom.